The highest BCUT2D eigenvalue weighted by molar-refractivity contribution is 6.22. The molecule has 6 N–H and O–H groups in total. The van der Waals surface area contributed by atoms with Crippen LogP contribution in [0.15, 0.2) is 48.5 Å². The topological polar surface area (TPSA) is 154 Å². The summed E-state index contributed by atoms with van der Waals surface area (Å²) >= 11 is 0. The van der Waals surface area contributed by atoms with E-state index in [2.05, 4.69) is 0 Å². The number of ether oxygens (including phenoxy) is 3. The van der Waals surface area contributed by atoms with Gasteiger partial charge in [-0.15, -0.1) is 24.8 Å². The minimum Gasteiger partial charge on any atom is -0.399 e. The first kappa shape index (κ1) is 30.8. The number of rotatable bonds is 14. The Balaban J connectivity index is 0.00000512. The van der Waals surface area contributed by atoms with E-state index >= 15 is 0 Å². The van der Waals surface area contributed by atoms with Crippen molar-refractivity contribution in [3.05, 3.63) is 59.7 Å². The second-order valence-electron chi connectivity index (χ2n) is 6.77. The van der Waals surface area contributed by atoms with Crippen LogP contribution >= 0.6 is 24.8 Å². The maximum Gasteiger partial charge on any atom is 0.214 e. The van der Waals surface area contributed by atoms with E-state index in [-0.39, 0.29) is 69.0 Å². The van der Waals surface area contributed by atoms with Crippen molar-refractivity contribution in [1.82, 2.24) is 0 Å². The van der Waals surface area contributed by atoms with E-state index < -0.39 is 23.8 Å². The van der Waals surface area contributed by atoms with E-state index in [1.165, 1.54) is 24.3 Å². The number of nitrogens with two attached hydrogens (primary N) is 2. The molecule has 0 bridgehead atoms. The molecule has 0 radical (unpaired) electrons. The second-order valence-corrected chi connectivity index (χ2v) is 6.77. The van der Waals surface area contributed by atoms with Crippen LogP contribution in [0.2, 0.25) is 0 Å². The summed E-state index contributed by atoms with van der Waals surface area (Å²) in [6.45, 7) is 0.395. The Hall–Kier alpha value is -2.24. The summed E-state index contributed by atoms with van der Waals surface area (Å²) in [5.74, 6) is -1.66. The lowest BCUT2D eigenvalue weighted by molar-refractivity contribution is -0.0346. The summed E-state index contributed by atoms with van der Waals surface area (Å²) in [5, 5.41) is 19.8. The van der Waals surface area contributed by atoms with Gasteiger partial charge >= 0.3 is 0 Å². The fourth-order valence-corrected chi connectivity index (χ4v) is 2.80. The molecule has 9 nitrogen and oxygen atoms in total. The summed E-state index contributed by atoms with van der Waals surface area (Å²) in [4.78, 5) is 26.2. The molecule has 0 aliphatic rings. The number of hydrogen-bond donors (Lipinski definition) is 4. The molecule has 2 aromatic rings. The molecule has 184 valence electrons. The van der Waals surface area contributed by atoms with Crippen LogP contribution < -0.4 is 11.5 Å². The molecule has 0 atom stereocenters. The highest BCUT2D eigenvalue weighted by Gasteiger charge is 2.45. The zero-order chi connectivity index (χ0) is 22.7. The number of carbonyl (C=O) groups is 2. The SMILES string of the molecule is Cl.Cl.Nc1cccc(C(=O)C(O)(COCCOCCOCCO)C(=O)c2cccc(N)c2)c1. The number of carbonyl (C=O) groups excluding carboxylic acids is 2. The Morgan fingerprint density at radius 3 is 1.61 bits per heavy atom. The summed E-state index contributed by atoms with van der Waals surface area (Å²) in [5.41, 5.74) is 9.82. The number of hydrogen-bond acceptors (Lipinski definition) is 9. The van der Waals surface area contributed by atoms with Crippen LogP contribution in [0.3, 0.4) is 0 Å². The Kier molecular flexibility index (Phi) is 14.5. The molecule has 0 saturated carbocycles. The average molecular weight is 505 g/mol. The fourth-order valence-electron chi connectivity index (χ4n) is 2.80. The fraction of sp³-hybridized carbons (Fsp3) is 0.364. The van der Waals surface area contributed by atoms with Gasteiger partial charge in [0, 0.05) is 22.5 Å². The van der Waals surface area contributed by atoms with Crippen LogP contribution in [0, 0.1) is 0 Å². The summed E-state index contributed by atoms with van der Waals surface area (Å²) in [7, 11) is 0. The summed E-state index contributed by atoms with van der Waals surface area (Å²) in [6.07, 6.45) is 0. The van der Waals surface area contributed by atoms with Crippen LogP contribution in [0.4, 0.5) is 11.4 Å². The average Bonchev–Trinajstić information content (AvgIpc) is 2.76. The van der Waals surface area contributed by atoms with Gasteiger partial charge in [0.15, 0.2) is 0 Å². The van der Waals surface area contributed by atoms with Crippen LogP contribution in [0.1, 0.15) is 20.7 Å². The van der Waals surface area contributed by atoms with Crippen molar-refractivity contribution in [2.75, 3.05) is 57.7 Å². The third kappa shape index (κ3) is 9.26. The van der Waals surface area contributed by atoms with E-state index in [9.17, 15) is 14.7 Å². The van der Waals surface area contributed by atoms with Gasteiger partial charge in [-0.05, 0) is 24.3 Å². The molecule has 2 rings (SSSR count). The lowest BCUT2D eigenvalue weighted by Gasteiger charge is -2.25. The van der Waals surface area contributed by atoms with E-state index in [1.807, 2.05) is 0 Å². The third-order valence-electron chi connectivity index (χ3n) is 4.34. The number of Topliss-reactive ketones (excluding diaryl/α,β-unsaturated/α-hetero) is 2. The zero-order valence-corrected chi connectivity index (χ0v) is 19.6. The van der Waals surface area contributed by atoms with Crippen LogP contribution in [0.5, 0.6) is 0 Å². The first-order valence-electron chi connectivity index (χ1n) is 9.75. The van der Waals surface area contributed by atoms with E-state index in [1.54, 1.807) is 24.3 Å². The van der Waals surface area contributed by atoms with E-state index in [0.29, 0.717) is 18.0 Å². The molecule has 0 aromatic heterocycles. The number of anilines is 2. The van der Waals surface area contributed by atoms with Crippen molar-refractivity contribution >= 4 is 47.8 Å². The Morgan fingerprint density at radius 2 is 1.18 bits per heavy atom. The molecule has 0 aliphatic carbocycles. The van der Waals surface area contributed by atoms with E-state index in [4.69, 9.17) is 30.8 Å². The number of aliphatic hydroxyl groups excluding tert-OH is 1. The van der Waals surface area contributed by atoms with Crippen molar-refractivity contribution < 1.29 is 34.0 Å². The molecule has 0 heterocycles. The normalized spacial score (nSPS) is 10.7. The standard InChI is InChI=1S/C22H28N2O7.2ClH/c23-18-5-1-3-16(13-18)20(26)22(28,21(27)17-4-2-6-19(24)14-17)15-31-12-11-30-10-9-29-8-7-25;;/h1-6,13-14,25,28H,7-12,15,23-24H2;2*1H. The van der Waals surface area contributed by atoms with Gasteiger partial charge in [0.1, 0.15) is 0 Å². The Bertz CT molecular complexity index is 826. The van der Waals surface area contributed by atoms with Gasteiger partial charge in [0.2, 0.25) is 17.2 Å². The van der Waals surface area contributed by atoms with Gasteiger partial charge in [-0.3, -0.25) is 9.59 Å². The molecule has 33 heavy (non-hydrogen) atoms. The summed E-state index contributed by atoms with van der Waals surface area (Å²) < 4.78 is 15.8. The van der Waals surface area contributed by atoms with Crippen LogP contribution in [0.25, 0.3) is 0 Å². The third-order valence-corrected chi connectivity index (χ3v) is 4.34. The van der Waals surface area contributed by atoms with Crippen LogP contribution in [-0.2, 0) is 14.2 Å². The van der Waals surface area contributed by atoms with Gasteiger partial charge in [0.05, 0.1) is 46.2 Å². The maximum absolute atomic E-state index is 13.1. The molecule has 0 fully saturated rings. The second kappa shape index (κ2) is 15.6. The number of aliphatic hydroxyl groups is 2. The molecule has 2 aromatic carbocycles. The molecule has 0 saturated heterocycles. The molecule has 0 aliphatic heterocycles. The first-order valence-corrected chi connectivity index (χ1v) is 9.75. The van der Waals surface area contributed by atoms with Crippen molar-refractivity contribution in [2.24, 2.45) is 0 Å². The van der Waals surface area contributed by atoms with Gasteiger partial charge in [-0.1, -0.05) is 24.3 Å². The Morgan fingerprint density at radius 1 is 0.758 bits per heavy atom. The minimum absolute atomic E-state index is 0. The van der Waals surface area contributed by atoms with Gasteiger partial charge in [-0.25, -0.2) is 0 Å². The number of benzene rings is 2. The predicted octanol–water partition coefficient (Wildman–Crippen LogP) is 1.53. The van der Waals surface area contributed by atoms with Crippen molar-refractivity contribution in [2.45, 2.75) is 5.60 Å². The van der Waals surface area contributed by atoms with Gasteiger partial charge in [-0.2, -0.15) is 0 Å². The molecular formula is C22H30Cl2N2O7. The van der Waals surface area contributed by atoms with Gasteiger partial charge in [0.25, 0.3) is 0 Å². The number of nitrogen functional groups attached to an aromatic ring is 2. The summed E-state index contributed by atoms with van der Waals surface area (Å²) in [6, 6.07) is 12.0. The maximum atomic E-state index is 13.1. The largest absolute Gasteiger partial charge is 0.399 e. The van der Waals surface area contributed by atoms with Gasteiger partial charge < -0.3 is 35.9 Å². The zero-order valence-electron chi connectivity index (χ0n) is 18.0. The molecular weight excluding hydrogens is 475 g/mol. The number of halogens is 2. The van der Waals surface area contributed by atoms with Crippen molar-refractivity contribution in [3.8, 4) is 0 Å². The Labute approximate surface area is 204 Å². The highest BCUT2D eigenvalue weighted by Crippen LogP contribution is 2.22. The lowest BCUT2D eigenvalue weighted by atomic mass is 9.86. The molecule has 0 amide bonds. The first-order chi connectivity index (χ1) is 14.9. The predicted molar refractivity (Wildman–Crippen MR) is 129 cm³/mol. The van der Waals surface area contributed by atoms with Crippen molar-refractivity contribution in [1.29, 1.82) is 0 Å². The molecule has 11 heteroatoms. The number of ketones is 2. The smallest absolute Gasteiger partial charge is 0.214 e. The van der Waals surface area contributed by atoms with E-state index in [0.717, 1.165) is 0 Å². The minimum atomic E-state index is -2.47. The molecule has 0 unspecified atom stereocenters. The molecule has 0 spiro atoms. The van der Waals surface area contributed by atoms with Crippen molar-refractivity contribution in [3.63, 3.8) is 0 Å². The monoisotopic (exact) mass is 504 g/mol. The lowest BCUT2D eigenvalue weighted by Crippen LogP contribution is -2.51. The highest BCUT2D eigenvalue weighted by atomic mass is 35.5. The van der Waals surface area contributed by atoms with Crippen LogP contribution in [-0.4, -0.2) is 73.6 Å². The quantitative estimate of drug-likeness (QED) is 0.130.